The molecule has 0 amide bonds. The lowest BCUT2D eigenvalue weighted by Crippen LogP contribution is -2.48. The molecule has 0 radical (unpaired) electrons. The van der Waals surface area contributed by atoms with Crippen molar-refractivity contribution in [2.75, 3.05) is 43.5 Å². The smallest absolute Gasteiger partial charge is 0.129 e. The second-order valence-electron chi connectivity index (χ2n) is 7.83. The Morgan fingerprint density at radius 1 is 1.19 bits per heavy atom. The number of nitrogen functional groups attached to an aromatic ring is 1. The number of ether oxygens (including phenoxy) is 1. The Morgan fingerprint density at radius 2 is 2.00 bits per heavy atom. The summed E-state index contributed by atoms with van der Waals surface area (Å²) in [7, 11) is 0. The van der Waals surface area contributed by atoms with Crippen molar-refractivity contribution in [1.29, 1.82) is 0 Å². The van der Waals surface area contributed by atoms with Crippen LogP contribution in [0.4, 0.5) is 15.8 Å². The zero-order chi connectivity index (χ0) is 21.5. The zero-order valence-corrected chi connectivity index (χ0v) is 17.7. The number of morpholine rings is 1. The quantitative estimate of drug-likeness (QED) is 0.604. The van der Waals surface area contributed by atoms with Gasteiger partial charge in [-0.3, -0.25) is 9.47 Å². The maximum atomic E-state index is 15.0. The first-order valence-electron chi connectivity index (χ1n) is 10.2. The van der Waals surface area contributed by atoms with Gasteiger partial charge in [0.05, 0.1) is 48.8 Å². The number of benzene rings is 2. The predicted octanol–water partition coefficient (Wildman–Crippen LogP) is 3.10. The number of nitrogens with two attached hydrogens (primary N) is 2. The molecule has 1 aromatic heterocycles. The van der Waals surface area contributed by atoms with Crippen LogP contribution >= 0.6 is 11.6 Å². The molecular formula is C22H24ClFN6O. The third-order valence-corrected chi connectivity index (χ3v) is 6.39. The molecule has 2 aliphatic rings. The molecule has 0 bridgehead atoms. The topological polar surface area (TPSA) is 85.6 Å². The third-order valence-electron chi connectivity index (χ3n) is 6.06. The van der Waals surface area contributed by atoms with Crippen LogP contribution in [0.5, 0.6) is 0 Å². The molecule has 2 aromatic carbocycles. The molecule has 0 aliphatic carbocycles. The van der Waals surface area contributed by atoms with Gasteiger partial charge in [-0.15, -0.1) is 0 Å². The first kappa shape index (κ1) is 20.3. The lowest BCUT2D eigenvalue weighted by Gasteiger charge is -2.43. The maximum Gasteiger partial charge on any atom is 0.129 e. The van der Waals surface area contributed by atoms with Gasteiger partial charge in [0.2, 0.25) is 0 Å². The average molecular weight is 443 g/mol. The van der Waals surface area contributed by atoms with Crippen LogP contribution in [0.2, 0.25) is 5.02 Å². The summed E-state index contributed by atoms with van der Waals surface area (Å²) in [4.78, 5) is 8.57. The van der Waals surface area contributed by atoms with E-state index in [1.165, 1.54) is 6.07 Å². The van der Waals surface area contributed by atoms with Crippen LogP contribution in [0, 0.1) is 5.82 Å². The van der Waals surface area contributed by atoms with Gasteiger partial charge < -0.3 is 21.1 Å². The Hall–Kier alpha value is -2.65. The summed E-state index contributed by atoms with van der Waals surface area (Å²) in [6.45, 7) is 3.00. The molecule has 0 saturated carbocycles. The van der Waals surface area contributed by atoms with Gasteiger partial charge in [-0.05, 0) is 30.3 Å². The van der Waals surface area contributed by atoms with Crippen LogP contribution in [-0.4, -0.2) is 47.3 Å². The molecule has 2 unspecified atom stereocenters. The Bertz CT molecular complexity index is 1080. The Kier molecular flexibility index (Phi) is 5.31. The minimum atomic E-state index is -0.451. The standard InChI is InChI=1S/C22H24ClFN6O/c23-15-2-1-3-16(24)21(15)20(28-6-8-31-9-7-28)12-29-17-5-4-14(25)10-18(17)30-13-27-11-19(30)22(29)26/h1-5,10-11,13,20,22H,6-9,12,25-26H2. The number of hydrogen-bond acceptors (Lipinski definition) is 6. The van der Waals surface area contributed by atoms with Crippen LogP contribution in [-0.2, 0) is 4.74 Å². The largest absolute Gasteiger partial charge is 0.399 e. The molecule has 7 nitrogen and oxygen atoms in total. The number of fused-ring (bicyclic) bond motifs is 3. The molecule has 4 N–H and O–H groups in total. The molecular weight excluding hydrogens is 419 g/mol. The fraction of sp³-hybridized carbons (Fsp3) is 0.318. The number of halogens is 2. The van der Waals surface area contributed by atoms with Crippen molar-refractivity contribution < 1.29 is 9.13 Å². The molecule has 0 spiro atoms. The van der Waals surface area contributed by atoms with Crippen molar-refractivity contribution in [2.24, 2.45) is 5.73 Å². The normalized spacial score (nSPS) is 19.7. The second-order valence-corrected chi connectivity index (χ2v) is 8.24. The summed E-state index contributed by atoms with van der Waals surface area (Å²) in [5.74, 6) is -0.322. The van der Waals surface area contributed by atoms with Gasteiger partial charge in [-0.1, -0.05) is 17.7 Å². The zero-order valence-electron chi connectivity index (χ0n) is 16.9. The van der Waals surface area contributed by atoms with Crippen LogP contribution in [0.1, 0.15) is 23.5 Å². The molecule has 3 aromatic rings. The molecule has 31 heavy (non-hydrogen) atoms. The van der Waals surface area contributed by atoms with E-state index in [0.29, 0.717) is 49.1 Å². The van der Waals surface area contributed by atoms with E-state index >= 15 is 4.39 Å². The van der Waals surface area contributed by atoms with E-state index in [-0.39, 0.29) is 11.9 Å². The number of imidazole rings is 1. The van der Waals surface area contributed by atoms with Gasteiger partial charge in [-0.25, -0.2) is 9.37 Å². The molecule has 1 fully saturated rings. The van der Waals surface area contributed by atoms with Crippen LogP contribution < -0.4 is 16.4 Å². The minimum Gasteiger partial charge on any atom is -0.399 e. The van der Waals surface area contributed by atoms with Crippen LogP contribution in [0.25, 0.3) is 5.69 Å². The predicted molar refractivity (Wildman–Crippen MR) is 119 cm³/mol. The second kappa shape index (κ2) is 8.12. The molecule has 9 heteroatoms. The molecule has 2 aliphatic heterocycles. The number of aromatic nitrogens is 2. The van der Waals surface area contributed by atoms with Gasteiger partial charge in [0.1, 0.15) is 12.0 Å². The van der Waals surface area contributed by atoms with Crippen molar-refractivity contribution in [3.8, 4) is 5.69 Å². The number of anilines is 2. The summed E-state index contributed by atoms with van der Waals surface area (Å²) in [5.41, 5.74) is 16.5. The fourth-order valence-electron chi connectivity index (χ4n) is 4.52. The highest BCUT2D eigenvalue weighted by atomic mass is 35.5. The first-order chi connectivity index (χ1) is 15.0. The molecule has 1 saturated heterocycles. The summed E-state index contributed by atoms with van der Waals surface area (Å²) in [6.07, 6.45) is 3.04. The average Bonchev–Trinajstić information content (AvgIpc) is 3.26. The fourth-order valence-corrected chi connectivity index (χ4v) is 4.81. The van der Waals surface area contributed by atoms with E-state index in [1.807, 2.05) is 22.8 Å². The SMILES string of the molecule is Nc1ccc2c(c1)-n1cncc1C(N)N2CC(c1c(F)cccc1Cl)N1CCOCC1. The summed E-state index contributed by atoms with van der Waals surface area (Å²) >= 11 is 6.50. The maximum absolute atomic E-state index is 15.0. The Balaban J connectivity index is 1.59. The van der Waals surface area contributed by atoms with E-state index in [2.05, 4.69) is 14.8 Å². The highest BCUT2D eigenvalue weighted by Gasteiger charge is 2.35. The van der Waals surface area contributed by atoms with Crippen molar-refractivity contribution in [3.63, 3.8) is 0 Å². The minimum absolute atomic E-state index is 0.302. The van der Waals surface area contributed by atoms with Crippen LogP contribution in [0.15, 0.2) is 48.9 Å². The molecule has 162 valence electrons. The van der Waals surface area contributed by atoms with E-state index in [9.17, 15) is 0 Å². The third kappa shape index (κ3) is 3.55. The lowest BCUT2D eigenvalue weighted by atomic mass is 10.0. The summed E-state index contributed by atoms with van der Waals surface area (Å²) < 4.78 is 22.5. The number of rotatable bonds is 4. The van der Waals surface area contributed by atoms with Gasteiger partial charge in [0, 0.05) is 35.9 Å². The summed E-state index contributed by atoms with van der Waals surface area (Å²) in [6, 6.07) is 10.2. The molecule has 5 rings (SSSR count). The first-order valence-corrected chi connectivity index (χ1v) is 10.6. The van der Waals surface area contributed by atoms with Gasteiger partial charge in [0.15, 0.2) is 0 Å². The van der Waals surface area contributed by atoms with E-state index in [1.54, 1.807) is 24.7 Å². The van der Waals surface area contributed by atoms with Gasteiger partial charge in [-0.2, -0.15) is 0 Å². The Labute approximate surface area is 185 Å². The molecule has 3 heterocycles. The van der Waals surface area contributed by atoms with E-state index in [4.69, 9.17) is 27.8 Å². The van der Waals surface area contributed by atoms with Crippen molar-refractivity contribution in [3.05, 3.63) is 71.0 Å². The van der Waals surface area contributed by atoms with Gasteiger partial charge in [0.25, 0.3) is 0 Å². The highest BCUT2D eigenvalue weighted by molar-refractivity contribution is 6.31. The monoisotopic (exact) mass is 442 g/mol. The highest BCUT2D eigenvalue weighted by Crippen LogP contribution is 2.40. The van der Waals surface area contributed by atoms with Crippen LogP contribution in [0.3, 0.4) is 0 Å². The summed E-state index contributed by atoms with van der Waals surface area (Å²) in [5, 5.41) is 0.407. The Morgan fingerprint density at radius 3 is 2.77 bits per heavy atom. The van der Waals surface area contributed by atoms with E-state index in [0.717, 1.165) is 17.1 Å². The number of nitrogens with zero attached hydrogens (tertiary/aromatic N) is 4. The van der Waals surface area contributed by atoms with Crippen molar-refractivity contribution in [1.82, 2.24) is 14.5 Å². The van der Waals surface area contributed by atoms with E-state index < -0.39 is 6.17 Å². The van der Waals surface area contributed by atoms with Gasteiger partial charge >= 0.3 is 0 Å². The van der Waals surface area contributed by atoms with Crippen molar-refractivity contribution in [2.45, 2.75) is 12.2 Å². The number of hydrogen-bond donors (Lipinski definition) is 2. The van der Waals surface area contributed by atoms with Crippen molar-refractivity contribution >= 4 is 23.0 Å². The lowest BCUT2D eigenvalue weighted by molar-refractivity contribution is 0.0164. The molecule has 2 atom stereocenters.